The number of Topliss-reactive ketones (excluding diaryl/α,β-unsaturated/α-hetero) is 1. The van der Waals surface area contributed by atoms with E-state index >= 15 is 0 Å². The monoisotopic (exact) mass is 290 g/mol. The zero-order chi connectivity index (χ0) is 15.5. The Morgan fingerprint density at radius 3 is 2.90 bits per heavy atom. The van der Waals surface area contributed by atoms with Gasteiger partial charge in [-0.3, -0.25) is 9.59 Å². The number of hydrogen-bond acceptors (Lipinski definition) is 2. The van der Waals surface area contributed by atoms with Crippen molar-refractivity contribution in [3.63, 3.8) is 0 Å². The molecule has 1 aliphatic rings. The molecule has 3 nitrogen and oxygen atoms in total. The molecule has 0 aromatic heterocycles. The Kier molecular flexibility index (Phi) is 4.56. The summed E-state index contributed by atoms with van der Waals surface area (Å²) in [6, 6.07) is 4.58. The van der Waals surface area contributed by atoms with Crippen LogP contribution >= 0.6 is 0 Å². The molecule has 0 spiro atoms. The number of fused-ring (bicyclic) bond motifs is 1. The van der Waals surface area contributed by atoms with Crippen LogP contribution in [0.4, 0.5) is 4.39 Å². The summed E-state index contributed by atoms with van der Waals surface area (Å²) in [5.74, 6) is -1.27. The molecule has 0 bridgehead atoms. The Hall–Kier alpha value is -1.97. The van der Waals surface area contributed by atoms with E-state index in [0.29, 0.717) is 43.2 Å². The van der Waals surface area contributed by atoms with Crippen LogP contribution in [-0.4, -0.2) is 16.9 Å². The highest BCUT2D eigenvalue weighted by molar-refractivity contribution is 6.03. The van der Waals surface area contributed by atoms with Crippen molar-refractivity contribution in [2.75, 3.05) is 0 Å². The van der Waals surface area contributed by atoms with Crippen molar-refractivity contribution in [1.29, 1.82) is 0 Å². The van der Waals surface area contributed by atoms with E-state index < -0.39 is 11.4 Å². The Balaban J connectivity index is 2.28. The third-order valence-electron chi connectivity index (χ3n) is 4.28. The third-order valence-corrected chi connectivity index (χ3v) is 4.28. The van der Waals surface area contributed by atoms with Gasteiger partial charge in [-0.2, -0.15) is 0 Å². The van der Waals surface area contributed by atoms with Crippen molar-refractivity contribution in [2.24, 2.45) is 5.41 Å². The van der Waals surface area contributed by atoms with Gasteiger partial charge < -0.3 is 5.11 Å². The van der Waals surface area contributed by atoms with Crippen LogP contribution in [0.5, 0.6) is 0 Å². The maximum Gasteiger partial charge on any atom is 0.303 e. The Morgan fingerprint density at radius 2 is 2.24 bits per heavy atom. The summed E-state index contributed by atoms with van der Waals surface area (Å²) >= 11 is 0. The first-order valence-electron chi connectivity index (χ1n) is 7.15. The lowest BCUT2D eigenvalue weighted by Gasteiger charge is -2.36. The maximum atomic E-state index is 13.8. The van der Waals surface area contributed by atoms with Gasteiger partial charge in [0, 0.05) is 17.4 Å². The van der Waals surface area contributed by atoms with E-state index in [4.69, 9.17) is 5.11 Å². The smallest absolute Gasteiger partial charge is 0.303 e. The second kappa shape index (κ2) is 6.20. The number of benzene rings is 1. The number of hydrogen-bond donors (Lipinski definition) is 1. The van der Waals surface area contributed by atoms with E-state index in [-0.39, 0.29) is 18.0 Å². The van der Waals surface area contributed by atoms with Crippen LogP contribution in [0.1, 0.15) is 48.0 Å². The molecule has 1 aromatic carbocycles. The van der Waals surface area contributed by atoms with Crippen molar-refractivity contribution in [3.05, 3.63) is 47.8 Å². The summed E-state index contributed by atoms with van der Waals surface area (Å²) < 4.78 is 13.8. The Bertz CT molecular complexity index is 579. The minimum atomic E-state index is -0.863. The van der Waals surface area contributed by atoms with Crippen molar-refractivity contribution < 1.29 is 19.1 Å². The summed E-state index contributed by atoms with van der Waals surface area (Å²) in [6.07, 6.45) is 4.24. The second-order valence-corrected chi connectivity index (χ2v) is 5.62. The summed E-state index contributed by atoms with van der Waals surface area (Å²) in [5.41, 5.74) is 0.302. The molecular formula is C17H19FO3. The van der Waals surface area contributed by atoms with E-state index in [1.807, 2.05) is 0 Å². The SMILES string of the molecule is C=CC[C@]1(CCCC(=O)O)CCc2c(F)cccc2C1=O. The number of carbonyl (C=O) groups is 2. The standard InChI is InChI=1S/C17H19FO3/c1-2-9-17(10-4-7-15(19)20)11-8-12-13(16(17)21)5-3-6-14(12)18/h2-3,5-6H,1,4,7-11H2,(H,19,20)/t17-/m0/s1. The normalized spacial score (nSPS) is 20.9. The zero-order valence-corrected chi connectivity index (χ0v) is 11.9. The molecule has 0 fully saturated rings. The van der Waals surface area contributed by atoms with Gasteiger partial charge in [0.05, 0.1) is 0 Å². The number of carboxylic acids is 1. The lowest BCUT2D eigenvalue weighted by atomic mass is 9.66. The zero-order valence-electron chi connectivity index (χ0n) is 11.9. The summed E-state index contributed by atoms with van der Waals surface area (Å²) in [7, 11) is 0. The number of carboxylic acid groups (broad SMARTS) is 1. The average molecular weight is 290 g/mol. The number of rotatable bonds is 6. The quantitative estimate of drug-likeness (QED) is 0.811. The number of halogens is 1. The third kappa shape index (κ3) is 3.04. The molecule has 0 saturated heterocycles. The number of allylic oxidation sites excluding steroid dienone is 1. The topological polar surface area (TPSA) is 54.4 Å². The van der Waals surface area contributed by atoms with Crippen LogP contribution in [0.2, 0.25) is 0 Å². The highest BCUT2D eigenvalue weighted by Gasteiger charge is 2.41. The Labute approximate surface area is 123 Å². The van der Waals surface area contributed by atoms with E-state index in [2.05, 4.69) is 6.58 Å². The summed E-state index contributed by atoms with van der Waals surface area (Å²) in [5, 5.41) is 8.76. The van der Waals surface area contributed by atoms with Gasteiger partial charge in [0.1, 0.15) is 5.82 Å². The molecule has 0 heterocycles. The fraction of sp³-hybridized carbons (Fsp3) is 0.412. The molecule has 1 aliphatic carbocycles. The lowest BCUT2D eigenvalue weighted by molar-refractivity contribution is -0.137. The molecule has 0 saturated carbocycles. The van der Waals surface area contributed by atoms with Gasteiger partial charge in [0.15, 0.2) is 5.78 Å². The van der Waals surface area contributed by atoms with E-state index in [0.717, 1.165) is 0 Å². The van der Waals surface area contributed by atoms with E-state index in [9.17, 15) is 14.0 Å². The minimum absolute atomic E-state index is 0.0438. The van der Waals surface area contributed by atoms with Gasteiger partial charge in [-0.05, 0) is 43.7 Å². The van der Waals surface area contributed by atoms with Crippen LogP contribution in [0.25, 0.3) is 0 Å². The van der Waals surface area contributed by atoms with Crippen molar-refractivity contribution in [1.82, 2.24) is 0 Å². The Morgan fingerprint density at radius 1 is 1.48 bits per heavy atom. The minimum Gasteiger partial charge on any atom is -0.481 e. The van der Waals surface area contributed by atoms with Crippen LogP contribution in [0.15, 0.2) is 30.9 Å². The van der Waals surface area contributed by atoms with E-state index in [1.54, 1.807) is 18.2 Å². The average Bonchev–Trinajstić information content (AvgIpc) is 2.43. The first kappa shape index (κ1) is 15.4. The lowest BCUT2D eigenvalue weighted by Crippen LogP contribution is -2.36. The molecule has 0 amide bonds. The fourth-order valence-electron chi connectivity index (χ4n) is 3.18. The van der Waals surface area contributed by atoms with Gasteiger partial charge in [-0.25, -0.2) is 4.39 Å². The van der Waals surface area contributed by atoms with Gasteiger partial charge in [0.25, 0.3) is 0 Å². The van der Waals surface area contributed by atoms with Crippen LogP contribution in [0, 0.1) is 11.2 Å². The predicted octanol–water partition coefficient (Wildman–Crippen LogP) is 3.77. The first-order chi connectivity index (χ1) is 10.00. The van der Waals surface area contributed by atoms with Crippen molar-refractivity contribution in [2.45, 2.75) is 38.5 Å². The molecule has 4 heteroatoms. The van der Waals surface area contributed by atoms with Gasteiger partial charge in [-0.1, -0.05) is 18.2 Å². The maximum absolute atomic E-state index is 13.8. The van der Waals surface area contributed by atoms with Crippen LogP contribution in [0.3, 0.4) is 0 Å². The largest absolute Gasteiger partial charge is 0.481 e. The van der Waals surface area contributed by atoms with Crippen LogP contribution < -0.4 is 0 Å². The molecule has 21 heavy (non-hydrogen) atoms. The molecular weight excluding hydrogens is 271 g/mol. The molecule has 1 aromatic rings. The van der Waals surface area contributed by atoms with Crippen molar-refractivity contribution in [3.8, 4) is 0 Å². The first-order valence-corrected chi connectivity index (χ1v) is 7.15. The molecule has 112 valence electrons. The summed E-state index contributed by atoms with van der Waals surface area (Å²) in [4.78, 5) is 23.5. The van der Waals surface area contributed by atoms with Crippen molar-refractivity contribution >= 4 is 11.8 Å². The molecule has 0 aliphatic heterocycles. The molecule has 0 unspecified atom stereocenters. The molecule has 1 N–H and O–H groups in total. The predicted molar refractivity (Wildman–Crippen MR) is 77.8 cm³/mol. The highest BCUT2D eigenvalue weighted by Crippen LogP contribution is 2.43. The number of ketones is 1. The second-order valence-electron chi connectivity index (χ2n) is 5.62. The highest BCUT2D eigenvalue weighted by atomic mass is 19.1. The number of aliphatic carboxylic acids is 1. The molecule has 0 radical (unpaired) electrons. The van der Waals surface area contributed by atoms with Gasteiger partial charge in [0.2, 0.25) is 0 Å². The molecule has 1 atom stereocenters. The number of carbonyl (C=O) groups excluding carboxylic acids is 1. The fourth-order valence-corrected chi connectivity index (χ4v) is 3.18. The van der Waals surface area contributed by atoms with E-state index in [1.165, 1.54) is 6.07 Å². The van der Waals surface area contributed by atoms with Crippen LogP contribution in [-0.2, 0) is 11.2 Å². The van der Waals surface area contributed by atoms with Gasteiger partial charge in [-0.15, -0.1) is 6.58 Å². The van der Waals surface area contributed by atoms with Gasteiger partial charge >= 0.3 is 5.97 Å². The summed E-state index contributed by atoms with van der Waals surface area (Å²) in [6.45, 7) is 3.71. The molecule has 2 rings (SSSR count).